The summed E-state index contributed by atoms with van der Waals surface area (Å²) in [5, 5.41) is 4.24. The highest BCUT2D eigenvalue weighted by Gasteiger charge is 2.31. The van der Waals surface area contributed by atoms with Crippen molar-refractivity contribution in [2.45, 2.75) is 16.3 Å². The summed E-state index contributed by atoms with van der Waals surface area (Å²) in [4.78, 5) is 13.0. The molecule has 1 N–H and O–H groups in total. The lowest BCUT2D eigenvalue weighted by atomic mass is 10.2. The van der Waals surface area contributed by atoms with Crippen molar-refractivity contribution in [1.29, 1.82) is 0 Å². The molecule has 0 saturated carbocycles. The van der Waals surface area contributed by atoms with E-state index < -0.39 is 26.0 Å². The van der Waals surface area contributed by atoms with Gasteiger partial charge in [0.2, 0.25) is 20.0 Å². The predicted octanol–water partition coefficient (Wildman–Crippen LogP) is 1.67. The maximum Gasteiger partial charge on any atom is 0.263 e. The van der Waals surface area contributed by atoms with Gasteiger partial charge in [0.25, 0.3) is 5.91 Å². The van der Waals surface area contributed by atoms with Gasteiger partial charge in [-0.05, 0) is 23.1 Å². The largest absolute Gasteiger partial charge is 0.347 e. The van der Waals surface area contributed by atoms with Crippen molar-refractivity contribution in [3.8, 4) is 0 Å². The van der Waals surface area contributed by atoms with Gasteiger partial charge in [-0.2, -0.15) is 16.1 Å². The molecule has 30 heavy (non-hydrogen) atoms. The molecule has 0 aliphatic carbocycles. The van der Waals surface area contributed by atoms with Crippen LogP contribution in [-0.2, 0) is 26.6 Å². The van der Waals surface area contributed by atoms with E-state index in [1.807, 2.05) is 0 Å². The van der Waals surface area contributed by atoms with E-state index in [2.05, 4.69) is 5.32 Å². The van der Waals surface area contributed by atoms with Crippen LogP contribution in [0.2, 0.25) is 0 Å². The second-order valence-corrected chi connectivity index (χ2v) is 12.9. The Balaban J connectivity index is 1.81. The van der Waals surface area contributed by atoms with Crippen LogP contribution in [0.25, 0.3) is 0 Å². The maximum absolute atomic E-state index is 13.0. The third-order valence-electron chi connectivity index (χ3n) is 4.59. The fraction of sp³-hybridized carbons (Fsp3) is 0.389. The van der Waals surface area contributed by atoms with Crippen molar-refractivity contribution in [3.05, 3.63) is 46.2 Å². The standard InChI is InChI=1S/C18H23N3O5S4/c1-20(2)29(23,24)15-6-4-3-5-14(15)13-19-18(22)17-16(7-10-28-17)30(25,26)21-8-11-27-12-9-21/h3-7,10H,8-9,11-13H2,1-2H3,(H,19,22). The molecular formula is C18H23N3O5S4. The molecule has 2 heterocycles. The van der Waals surface area contributed by atoms with Crippen molar-refractivity contribution in [2.24, 2.45) is 0 Å². The van der Waals surface area contributed by atoms with Crippen LogP contribution >= 0.6 is 23.1 Å². The smallest absolute Gasteiger partial charge is 0.263 e. The first-order valence-corrected chi connectivity index (χ1v) is 14.0. The Kier molecular flexibility index (Phi) is 7.25. The average molecular weight is 490 g/mol. The molecule has 1 saturated heterocycles. The molecule has 164 valence electrons. The quantitative estimate of drug-likeness (QED) is 0.635. The molecule has 12 heteroatoms. The molecule has 0 bridgehead atoms. The zero-order valence-corrected chi connectivity index (χ0v) is 19.8. The van der Waals surface area contributed by atoms with E-state index in [-0.39, 0.29) is 21.2 Å². The summed E-state index contributed by atoms with van der Waals surface area (Å²) in [6.45, 7) is 0.791. The topological polar surface area (TPSA) is 104 Å². The minimum Gasteiger partial charge on any atom is -0.347 e. The van der Waals surface area contributed by atoms with E-state index in [1.54, 1.807) is 35.3 Å². The highest BCUT2D eigenvalue weighted by Crippen LogP contribution is 2.27. The number of carbonyl (C=O) groups excluding carboxylic acids is 1. The molecule has 1 amide bonds. The number of hydrogen-bond acceptors (Lipinski definition) is 7. The monoisotopic (exact) mass is 489 g/mol. The minimum absolute atomic E-state index is 0.00824. The zero-order valence-electron chi connectivity index (χ0n) is 16.6. The molecule has 1 fully saturated rings. The van der Waals surface area contributed by atoms with Crippen LogP contribution in [0.5, 0.6) is 0 Å². The molecule has 1 aliphatic rings. The highest BCUT2D eigenvalue weighted by molar-refractivity contribution is 7.99. The van der Waals surface area contributed by atoms with Crippen molar-refractivity contribution in [3.63, 3.8) is 0 Å². The molecule has 1 aliphatic heterocycles. The van der Waals surface area contributed by atoms with Gasteiger partial charge in [-0.15, -0.1) is 11.3 Å². The van der Waals surface area contributed by atoms with Crippen molar-refractivity contribution >= 4 is 49.1 Å². The van der Waals surface area contributed by atoms with Crippen LogP contribution in [0.4, 0.5) is 0 Å². The summed E-state index contributed by atoms with van der Waals surface area (Å²) < 4.78 is 53.5. The average Bonchev–Trinajstić information content (AvgIpc) is 3.23. The van der Waals surface area contributed by atoms with E-state index in [0.29, 0.717) is 18.7 Å². The number of rotatable bonds is 7. The van der Waals surface area contributed by atoms with Gasteiger partial charge in [0.1, 0.15) is 9.77 Å². The number of sulfonamides is 2. The van der Waals surface area contributed by atoms with Gasteiger partial charge in [-0.1, -0.05) is 18.2 Å². The number of amides is 1. The predicted molar refractivity (Wildman–Crippen MR) is 119 cm³/mol. The van der Waals surface area contributed by atoms with Crippen LogP contribution in [0.15, 0.2) is 45.5 Å². The third-order valence-corrected chi connectivity index (χ3v) is 10.4. The van der Waals surface area contributed by atoms with Gasteiger partial charge in [-0.25, -0.2) is 21.1 Å². The van der Waals surface area contributed by atoms with Crippen LogP contribution in [0.3, 0.4) is 0 Å². The third kappa shape index (κ3) is 4.73. The molecule has 0 unspecified atom stereocenters. The number of nitrogens with zero attached hydrogens (tertiary/aromatic N) is 2. The minimum atomic E-state index is -3.75. The number of thiophene rings is 1. The summed E-state index contributed by atoms with van der Waals surface area (Å²) in [5.41, 5.74) is 0.425. The maximum atomic E-state index is 13.0. The Morgan fingerprint density at radius 3 is 2.40 bits per heavy atom. The number of carbonyl (C=O) groups is 1. The van der Waals surface area contributed by atoms with Gasteiger partial charge in [0.05, 0.1) is 4.90 Å². The molecule has 0 radical (unpaired) electrons. The second kappa shape index (κ2) is 9.37. The fourth-order valence-electron chi connectivity index (χ4n) is 2.95. The Labute approximate surface area is 185 Å². The van der Waals surface area contributed by atoms with Gasteiger partial charge in [-0.3, -0.25) is 4.79 Å². The molecule has 0 spiro atoms. The molecule has 3 rings (SSSR count). The SMILES string of the molecule is CN(C)S(=O)(=O)c1ccccc1CNC(=O)c1sccc1S(=O)(=O)N1CCSCC1. The van der Waals surface area contributed by atoms with Gasteiger partial charge in [0, 0.05) is 45.2 Å². The first-order valence-electron chi connectivity index (χ1n) is 9.09. The van der Waals surface area contributed by atoms with E-state index >= 15 is 0 Å². The van der Waals surface area contributed by atoms with Gasteiger partial charge < -0.3 is 5.32 Å². The summed E-state index contributed by atoms with van der Waals surface area (Å²) in [6, 6.07) is 7.84. The summed E-state index contributed by atoms with van der Waals surface area (Å²) >= 11 is 2.75. The summed E-state index contributed by atoms with van der Waals surface area (Å²) in [7, 11) is -4.55. The molecule has 1 aromatic carbocycles. The first-order chi connectivity index (χ1) is 14.2. The van der Waals surface area contributed by atoms with Crippen LogP contribution in [0.1, 0.15) is 15.2 Å². The lowest BCUT2D eigenvalue weighted by Crippen LogP contribution is -2.38. The second-order valence-electron chi connectivity index (χ2n) is 6.71. The summed E-state index contributed by atoms with van der Waals surface area (Å²) in [5.74, 6) is 0.899. The number of thioether (sulfide) groups is 1. The number of hydrogen-bond donors (Lipinski definition) is 1. The Hall–Kier alpha value is -1.44. The molecule has 2 aromatic rings. The summed E-state index contributed by atoms with van der Waals surface area (Å²) in [6.07, 6.45) is 0. The zero-order chi connectivity index (χ0) is 21.9. The number of nitrogens with one attached hydrogen (secondary N) is 1. The van der Waals surface area contributed by atoms with E-state index in [0.717, 1.165) is 27.1 Å². The van der Waals surface area contributed by atoms with E-state index in [1.165, 1.54) is 30.5 Å². The molecule has 1 aromatic heterocycles. The first kappa shape index (κ1) is 23.2. The Morgan fingerprint density at radius 1 is 1.07 bits per heavy atom. The highest BCUT2D eigenvalue weighted by atomic mass is 32.2. The van der Waals surface area contributed by atoms with Crippen LogP contribution in [-0.4, -0.2) is 70.0 Å². The molecule has 0 atom stereocenters. The number of benzene rings is 1. The van der Waals surface area contributed by atoms with Crippen molar-refractivity contribution in [2.75, 3.05) is 38.7 Å². The lowest BCUT2D eigenvalue weighted by molar-refractivity contribution is 0.0951. The molecular weight excluding hydrogens is 466 g/mol. The van der Waals surface area contributed by atoms with E-state index in [9.17, 15) is 21.6 Å². The van der Waals surface area contributed by atoms with Crippen molar-refractivity contribution in [1.82, 2.24) is 13.9 Å². The Morgan fingerprint density at radius 2 is 1.73 bits per heavy atom. The van der Waals surface area contributed by atoms with Gasteiger partial charge >= 0.3 is 0 Å². The normalized spacial score (nSPS) is 16.0. The van der Waals surface area contributed by atoms with E-state index in [4.69, 9.17) is 0 Å². The lowest BCUT2D eigenvalue weighted by Gasteiger charge is -2.25. The fourth-order valence-corrected chi connectivity index (χ4v) is 7.95. The van der Waals surface area contributed by atoms with Crippen LogP contribution in [0, 0.1) is 0 Å². The molecule has 8 nitrogen and oxygen atoms in total. The van der Waals surface area contributed by atoms with Crippen molar-refractivity contribution < 1.29 is 21.6 Å². The van der Waals surface area contributed by atoms with Gasteiger partial charge in [0.15, 0.2) is 0 Å². The Bertz CT molecular complexity index is 1120. The van der Waals surface area contributed by atoms with Crippen LogP contribution < -0.4 is 5.32 Å².